The summed E-state index contributed by atoms with van der Waals surface area (Å²) in [5.41, 5.74) is 2.85. The average molecular weight is 386 g/mol. The number of hydrazone groups is 1. The molecule has 2 aromatic rings. The third kappa shape index (κ3) is 6.09. The number of nitrogens with one attached hydrogen (secondary N) is 1. The van der Waals surface area contributed by atoms with E-state index in [1.807, 2.05) is 30.3 Å². The molecule has 0 atom stereocenters. The summed E-state index contributed by atoms with van der Waals surface area (Å²) in [5, 5.41) is 23.8. The molecule has 0 saturated carbocycles. The largest absolute Gasteiger partial charge is 0.502 e. The van der Waals surface area contributed by atoms with Crippen molar-refractivity contribution in [2.45, 2.75) is 6.61 Å². The van der Waals surface area contributed by atoms with Crippen LogP contribution in [0.5, 0.6) is 5.75 Å². The highest BCUT2D eigenvalue weighted by Gasteiger charge is 2.14. The van der Waals surface area contributed by atoms with Gasteiger partial charge < -0.3 is 14.7 Å². The first-order valence-electron chi connectivity index (χ1n) is 8.08. The van der Waals surface area contributed by atoms with E-state index in [2.05, 4.69) is 10.5 Å². The summed E-state index contributed by atoms with van der Waals surface area (Å²) in [6.07, 6.45) is 0.509. The number of carbonyl (C=O) groups excluding carboxylic acids is 2. The van der Waals surface area contributed by atoms with Crippen LogP contribution in [0.15, 0.2) is 53.6 Å². The second-order valence-electron chi connectivity index (χ2n) is 5.69. The van der Waals surface area contributed by atoms with Crippen LogP contribution in [0, 0.1) is 10.1 Å². The van der Waals surface area contributed by atoms with Crippen molar-refractivity contribution in [2.24, 2.45) is 5.10 Å². The molecule has 0 aliphatic carbocycles. The second-order valence-corrected chi connectivity index (χ2v) is 5.69. The molecule has 0 heterocycles. The van der Waals surface area contributed by atoms with Crippen LogP contribution >= 0.6 is 0 Å². The molecule has 0 aromatic heterocycles. The van der Waals surface area contributed by atoms with Crippen molar-refractivity contribution in [3.63, 3.8) is 0 Å². The van der Waals surface area contributed by atoms with Gasteiger partial charge in [-0.15, -0.1) is 0 Å². The van der Waals surface area contributed by atoms with Gasteiger partial charge in [-0.05, 0) is 17.7 Å². The lowest BCUT2D eigenvalue weighted by Gasteiger charge is -2.15. The molecule has 0 aliphatic rings. The molecular formula is C18H18N4O6. The van der Waals surface area contributed by atoms with E-state index in [0.29, 0.717) is 5.56 Å². The molecule has 0 aliphatic heterocycles. The molecule has 0 saturated heterocycles. The summed E-state index contributed by atoms with van der Waals surface area (Å²) in [5.74, 6) is -1.05. The predicted molar refractivity (Wildman–Crippen MR) is 99.8 cm³/mol. The van der Waals surface area contributed by atoms with Gasteiger partial charge in [-0.3, -0.25) is 14.9 Å². The monoisotopic (exact) mass is 386 g/mol. The highest BCUT2D eigenvalue weighted by atomic mass is 16.6. The lowest BCUT2D eigenvalue weighted by Crippen LogP contribution is -2.36. The van der Waals surface area contributed by atoms with Crippen molar-refractivity contribution in [1.29, 1.82) is 0 Å². The third-order valence-electron chi connectivity index (χ3n) is 3.50. The fourth-order valence-electron chi connectivity index (χ4n) is 2.09. The normalized spacial score (nSPS) is 10.5. The van der Waals surface area contributed by atoms with E-state index >= 15 is 0 Å². The molecule has 2 amide bonds. The van der Waals surface area contributed by atoms with Gasteiger partial charge in [0.05, 0.1) is 11.1 Å². The van der Waals surface area contributed by atoms with Crippen LogP contribution in [0.25, 0.3) is 0 Å². The van der Waals surface area contributed by atoms with E-state index in [0.717, 1.165) is 22.6 Å². The van der Waals surface area contributed by atoms with E-state index in [9.17, 15) is 24.8 Å². The summed E-state index contributed by atoms with van der Waals surface area (Å²) >= 11 is 0. The standard InChI is InChI=1S/C18H18N4O6/c1-21(18(25)28-12-13-5-3-2-4-6-13)11-17(24)20-19-10-14-7-8-16(23)15(9-14)22(26)27/h2-10,23H,11-12H2,1H3,(H,20,24)/b19-10+. The Hall–Kier alpha value is -3.95. The highest BCUT2D eigenvalue weighted by Crippen LogP contribution is 2.25. The maximum Gasteiger partial charge on any atom is 0.410 e. The maximum absolute atomic E-state index is 11.9. The van der Waals surface area contributed by atoms with Gasteiger partial charge in [0.15, 0.2) is 5.75 Å². The van der Waals surface area contributed by atoms with Crippen LogP contribution in [0.2, 0.25) is 0 Å². The van der Waals surface area contributed by atoms with Crippen LogP contribution in [0.3, 0.4) is 0 Å². The summed E-state index contributed by atoms with van der Waals surface area (Å²) in [6.45, 7) is -0.204. The quantitative estimate of drug-likeness (QED) is 0.425. The second kappa shape index (κ2) is 9.67. The Morgan fingerprint density at radius 2 is 2.00 bits per heavy atom. The van der Waals surface area contributed by atoms with Gasteiger partial charge in [-0.2, -0.15) is 5.10 Å². The molecule has 2 N–H and O–H groups in total. The van der Waals surface area contributed by atoms with Crippen molar-refractivity contribution in [1.82, 2.24) is 10.3 Å². The number of nitro benzene ring substituents is 1. The number of phenols is 1. The molecule has 0 radical (unpaired) electrons. The Kier molecular flexibility index (Phi) is 7.03. The smallest absolute Gasteiger partial charge is 0.410 e. The van der Waals surface area contributed by atoms with E-state index in [1.165, 1.54) is 19.3 Å². The van der Waals surface area contributed by atoms with Gasteiger partial charge in [0.2, 0.25) is 0 Å². The van der Waals surface area contributed by atoms with E-state index in [1.54, 1.807) is 0 Å². The van der Waals surface area contributed by atoms with E-state index in [4.69, 9.17) is 4.74 Å². The first-order chi connectivity index (χ1) is 13.4. The number of benzene rings is 2. The molecule has 2 rings (SSSR count). The van der Waals surface area contributed by atoms with Gasteiger partial charge in [0.25, 0.3) is 5.91 Å². The van der Waals surface area contributed by atoms with Crippen LogP contribution in [-0.4, -0.2) is 46.7 Å². The number of hydrogen-bond donors (Lipinski definition) is 2. The van der Waals surface area contributed by atoms with Gasteiger partial charge in [0.1, 0.15) is 13.2 Å². The molecule has 0 fully saturated rings. The van der Waals surface area contributed by atoms with Crippen LogP contribution < -0.4 is 5.43 Å². The topological polar surface area (TPSA) is 134 Å². The molecule has 10 nitrogen and oxygen atoms in total. The van der Waals surface area contributed by atoms with Crippen molar-refractivity contribution < 1.29 is 24.4 Å². The molecule has 2 aromatic carbocycles. The fourth-order valence-corrected chi connectivity index (χ4v) is 2.09. The number of nitrogens with zero attached hydrogens (tertiary/aromatic N) is 3. The summed E-state index contributed by atoms with van der Waals surface area (Å²) in [4.78, 5) is 34.8. The number of likely N-dealkylation sites (N-methyl/N-ethyl adjacent to an activating group) is 1. The number of hydrogen-bond acceptors (Lipinski definition) is 7. The summed E-state index contributed by atoms with van der Waals surface area (Å²) in [7, 11) is 1.40. The SMILES string of the molecule is CN(CC(=O)N/N=C/c1ccc(O)c([N+](=O)[O-])c1)C(=O)OCc1ccccc1. The van der Waals surface area contributed by atoms with Gasteiger partial charge >= 0.3 is 11.8 Å². The predicted octanol–water partition coefficient (Wildman–Crippen LogP) is 2.02. The van der Waals surface area contributed by atoms with Crippen LogP contribution in [0.1, 0.15) is 11.1 Å². The number of rotatable bonds is 7. The molecule has 10 heteroatoms. The lowest BCUT2D eigenvalue weighted by atomic mass is 10.2. The Labute approximate surface area is 160 Å². The zero-order valence-corrected chi connectivity index (χ0v) is 14.9. The van der Waals surface area contributed by atoms with Crippen molar-refractivity contribution >= 4 is 23.9 Å². The van der Waals surface area contributed by atoms with Crippen molar-refractivity contribution in [3.05, 3.63) is 69.8 Å². The lowest BCUT2D eigenvalue weighted by molar-refractivity contribution is -0.385. The Morgan fingerprint density at radius 1 is 1.29 bits per heavy atom. The fraction of sp³-hybridized carbons (Fsp3) is 0.167. The number of carbonyl (C=O) groups is 2. The number of phenolic OH excluding ortho intramolecular Hbond substituents is 1. The third-order valence-corrected chi connectivity index (χ3v) is 3.50. The zero-order chi connectivity index (χ0) is 20.5. The number of nitro groups is 1. The minimum Gasteiger partial charge on any atom is -0.502 e. The van der Waals surface area contributed by atoms with E-state index in [-0.39, 0.29) is 13.2 Å². The van der Waals surface area contributed by atoms with Gasteiger partial charge in [0, 0.05) is 18.7 Å². The average Bonchev–Trinajstić information content (AvgIpc) is 2.67. The number of ether oxygens (including phenoxy) is 1. The first kappa shape index (κ1) is 20.4. The molecule has 146 valence electrons. The maximum atomic E-state index is 11.9. The van der Waals surface area contributed by atoms with Gasteiger partial charge in [-0.1, -0.05) is 30.3 Å². The van der Waals surface area contributed by atoms with Crippen LogP contribution in [-0.2, 0) is 16.1 Å². The van der Waals surface area contributed by atoms with Crippen molar-refractivity contribution in [3.8, 4) is 5.75 Å². The Bertz CT molecular complexity index is 885. The minimum atomic E-state index is -0.735. The molecule has 0 bridgehead atoms. The summed E-state index contributed by atoms with van der Waals surface area (Å²) in [6, 6.07) is 12.8. The molecule has 28 heavy (non-hydrogen) atoms. The zero-order valence-electron chi connectivity index (χ0n) is 14.9. The minimum absolute atomic E-state index is 0.0867. The van der Waals surface area contributed by atoms with E-state index < -0.39 is 28.4 Å². The molecular weight excluding hydrogens is 368 g/mol. The first-order valence-corrected chi connectivity index (χ1v) is 8.08. The Morgan fingerprint density at radius 3 is 2.68 bits per heavy atom. The number of aromatic hydroxyl groups is 1. The Balaban J connectivity index is 1.81. The molecule has 0 unspecified atom stereocenters. The van der Waals surface area contributed by atoms with Gasteiger partial charge in [-0.25, -0.2) is 10.2 Å². The molecule has 0 spiro atoms. The van der Waals surface area contributed by atoms with Crippen LogP contribution in [0.4, 0.5) is 10.5 Å². The van der Waals surface area contributed by atoms with Crippen molar-refractivity contribution in [2.75, 3.05) is 13.6 Å². The summed E-state index contributed by atoms with van der Waals surface area (Å²) < 4.78 is 5.09. The number of amides is 2. The highest BCUT2D eigenvalue weighted by molar-refractivity contribution is 5.85.